The Morgan fingerprint density at radius 2 is 1.73 bits per heavy atom. The maximum absolute atomic E-state index is 11.9. The molecule has 1 unspecified atom stereocenters. The quantitative estimate of drug-likeness (QED) is 0.686. The van der Waals surface area contributed by atoms with E-state index in [9.17, 15) is 9.59 Å². The van der Waals surface area contributed by atoms with E-state index in [1.807, 2.05) is 42.5 Å². The fraction of sp³-hybridized carbons (Fsp3) is 0.263. The second kappa shape index (κ2) is 8.35. The molecule has 0 spiro atoms. The van der Waals surface area contributed by atoms with Crippen LogP contribution in [0.15, 0.2) is 48.5 Å². The average Bonchev–Trinajstić information content (AvgIpc) is 2.70. The Morgan fingerprint density at radius 1 is 1.00 bits per heavy atom. The van der Waals surface area contributed by atoms with Gasteiger partial charge in [-0.25, -0.2) is 0 Å². The van der Waals surface area contributed by atoms with Crippen LogP contribution in [0.4, 0.5) is 0 Å². The molecule has 7 nitrogen and oxygen atoms in total. The molecule has 136 valence electrons. The Hall–Kier alpha value is -3.06. The first-order valence-electron chi connectivity index (χ1n) is 8.38. The zero-order chi connectivity index (χ0) is 18.4. The second-order valence-corrected chi connectivity index (χ2v) is 5.91. The van der Waals surface area contributed by atoms with Crippen LogP contribution in [0.2, 0.25) is 0 Å². The number of benzene rings is 2. The molecule has 0 aromatic heterocycles. The van der Waals surface area contributed by atoms with Gasteiger partial charge < -0.3 is 25.8 Å². The molecule has 0 bridgehead atoms. The largest absolute Gasteiger partial charge is 0.486 e. The van der Waals surface area contributed by atoms with Gasteiger partial charge in [0.25, 0.3) is 0 Å². The third-order valence-electron chi connectivity index (χ3n) is 3.94. The van der Waals surface area contributed by atoms with E-state index in [1.54, 1.807) is 6.07 Å². The summed E-state index contributed by atoms with van der Waals surface area (Å²) in [6, 6.07) is 14.8. The fourth-order valence-corrected chi connectivity index (χ4v) is 2.58. The first kappa shape index (κ1) is 17.8. The number of hydrogen-bond acceptors (Lipinski definition) is 5. The normalized spacial score (nSPS) is 15.2. The van der Waals surface area contributed by atoms with Crippen LogP contribution in [0.1, 0.15) is 11.1 Å². The molecule has 2 aromatic carbocycles. The van der Waals surface area contributed by atoms with Crippen molar-refractivity contribution in [3.05, 3.63) is 59.7 Å². The van der Waals surface area contributed by atoms with Crippen molar-refractivity contribution in [3.63, 3.8) is 0 Å². The standard InChI is InChI=1S/C19H21N3O4/c20-9-13-4-3-5-14(8-13)10-21-18(23)19(24)22-11-15-12-25-16-6-1-2-7-17(16)26-15/h1-8,15H,9-12,20H2,(H,21,23)(H,22,24). The number of hydrogen-bond donors (Lipinski definition) is 3. The molecular formula is C19H21N3O4. The molecular weight excluding hydrogens is 334 g/mol. The van der Waals surface area contributed by atoms with Gasteiger partial charge in [0, 0.05) is 13.1 Å². The van der Waals surface area contributed by atoms with Gasteiger partial charge in [0.15, 0.2) is 11.5 Å². The van der Waals surface area contributed by atoms with Gasteiger partial charge in [-0.1, -0.05) is 36.4 Å². The first-order chi connectivity index (χ1) is 12.7. The van der Waals surface area contributed by atoms with Crippen molar-refractivity contribution in [2.24, 2.45) is 5.73 Å². The summed E-state index contributed by atoms with van der Waals surface area (Å²) in [5.41, 5.74) is 7.44. The average molecular weight is 355 g/mol. The smallest absolute Gasteiger partial charge is 0.309 e. The van der Waals surface area contributed by atoms with E-state index in [1.165, 1.54) is 0 Å². The van der Waals surface area contributed by atoms with Crippen LogP contribution in [0.25, 0.3) is 0 Å². The summed E-state index contributed by atoms with van der Waals surface area (Å²) in [5.74, 6) is -0.0996. The van der Waals surface area contributed by atoms with Crippen LogP contribution < -0.4 is 25.8 Å². The maximum atomic E-state index is 11.9. The van der Waals surface area contributed by atoms with Crippen molar-refractivity contribution in [2.45, 2.75) is 19.2 Å². The number of para-hydroxylation sites is 2. The molecule has 0 fully saturated rings. The molecule has 1 atom stereocenters. The number of ether oxygens (including phenoxy) is 2. The Morgan fingerprint density at radius 3 is 2.54 bits per heavy atom. The van der Waals surface area contributed by atoms with Crippen molar-refractivity contribution in [3.8, 4) is 11.5 Å². The SMILES string of the molecule is NCc1cccc(CNC(=O)C(=O)NCC2COc3ccccc3O2)c1. The van der Waals surface area contributed by atoms with Gasteiger partial charge in [-0.15, -0.1) is 0 Å². The third kappa shape index (κ3) is 4.52. The van der Waals surface area contributed by atoms with E-state index < -0.39 is 11.8 Å². The molecule has 7 heteroatoms. The zero-order valence-electron chi connectivity index (χ0n) is 14.2. The van der Waals surface area contributed by atoms with Crippen molar-refractivity contribution < 1.29 is 19.1 Å². The van der Waals surface area contributed by atoms with E-state index in [0.717, 1.165) is 11.1 Å². The Balaban J connectivity index is 1.44. The molecule has 0 saturated heterocycles. The summed E-state index contributed by atoms with van der Waals surface area (Å²) in [7, 11) is 0. The lowest BCUT2D eigenvalue weighted by Gasteiger charge is -2.26. The van der Waals surface area contributed by atoms with Crippen LogP contribution in [-0.2, 0) is 22.7 Å². The minimum Gasteiger partial charge on any atom is -0.486 e. The number of nitrogens with one attached hydrogen (secondary N) is 2. The number of rotatable bonds is 5. The van der Waals surface area contributed by atoms with Crippen LogP contribution in [0.3, 0.4) is 0 Å². The molecule has 0 aliphatic carbocycles. The Labute approximate surface area is 151 Å². The van der Waals surface area contributed by atoms with Gasteiger partial charge in [-0.2, -0.15) is 0 Å². The third-order valence-corrected chi connectivity index (χ3v) is 3.94. The van der Waals surface area contributed by atoms with Crippen molar-refractivity contribution in [2.75, 3.05) is 13.2 Å². The van der Waals surface area contributed by atoms with Crippen molar-refractivity contribution in [1.29, 1.82) is 0 Å². The molecule has 3 rings (SSSR count). The molecule has 26 heavy (non-hydrogen) atoms. The lowest BCUT2D eigenvalue weighted by molar-refractivity contribution is -0.139. The number of amides is 2. The number of carbonyl (C=O) groups is 2. The highest BCUT2D eigenvalue weighted by Crippen LogP contribution is 2.30. The van der Waals surface area contributed by atoms with Gasteiger partial charge >= 0.3 is 11.8 Å². The zero-order valence-corrected chi connectivity index (χ0v) is 14.2. The lowest BCUT2D eigenvalue weighted by Crippen LogP contribution is -2.45. The molecule has 0 radical (unpaired) electrons. The van der Waals surface area contributed by atoms with Crippen LogP contribution in [0.5, 0.6) is 11.5 Å². The van der Waals surface area contributed by atoms with E-state index >= 15 is 0 Å². The number of nitrogens with two attached hydrogens (primary N) is 1. The van der Waals surface area contributed by atoms with E-state index in [2.05, 4.69) is 10.6 Å². The first-order valence-corrected chi connectivity index (χ1v) is 8.38. The maximum Gasteiger partial charge on any atom is 0.309 e. The van der Waals surface area contributed by atoms with Crippen LogP contribution in [0, 0.1) is 0 Å². The van der Waals surface area contributed by atoms with Gasteiger partial charge in [-0.05, 0) is 23.3 Å². The van der Waals surface area contributed by atoms with E-state index in [-0.39, 0.29) is 19.2 Å². The molecule has 1 aliphatic heterocycles. The molecule has 2 amide bonds. The van der Waals surface area contributed by atoms with E-state index in [4.69, 9.17) is 15.2 Å². The van der Waals surface area contributed by atoms with Crippen LogP contribution >= 0.6 is 0 Å². The summed E-state index contributed by atoms with van der Waals surface area (Å²) in [6.45, 7) is 1.18. The van der Waals surface area contributed by atoms with Crippen molar-refractivity contribution >= 4 is 11.8 Å². The molecule has 1 aliphatic rings. The predicted molar refractivity (Wildman–Crippen MR) is 95.5 cm³/mol. The Kier molecular flexibility index (Phi) is 5.70. The predicted octanol–water partition coefficient (Wildman–Crippen LogP) is 0.718. The second-order valence-electron chi connectivity index (χ2n) is 5.91. The van der Waals surface area contributed by atoms with Crippen molar-refractivity contribution in [1.82, 2.24) is 10.6 Å². The summed E-state index contributed by atoms with van der Waals surface area (Å²) < 4.78 is 11.3. The van der Waals surface area contributed by atoms with Gasteiger partial charge in [0.2, 0.25) is 0 Å². The lowest BCUT2D eigenvalue weighted by atomic mass is 10.1. The van der Waals surface area contributed by atoms with Crippen LogP contribution in [-0.4, -0.2) is 31.1 Å². The highest BCUT2D eigenvalue weighted by Gasteiger charge is 2.22. The minimum atomic E-state index is -0.706. The summed E-state index contributed by atoms with van der Waals surface area (Å²) >= 11 is 0. The summed E-state index contributed by atoms with van der Waals surface area (Å²) in [4.78, 5) is 23.9. The summed E-state index contributed by atoms with van der Waals surface area (Å²) in [5, 5.41) is 5.16. The van der Waals surface area contributed by atoms with E-state index in [0.29, 0.717) is 24.7 Å². The van der Waals surface area contributed by atoms with Gasteiger partial charge in [0.1, 0.15) is 12.7 Å². The van der Waals surface area contributed by atoms with Gasteiger partial charge in [0.05, 0.1) is 6.54 Å². The summed E-state index contributed by atoms with van der Waals surface area (Å²) in [6.07, 6.45) is -0.345. The monoisotopic (exact) mass is 355 g/mol. The van der Waals surface area contributed by atoms with Gasteiger partial charge in [-0.3, -0.25) is 9.59 Å². The number of carbonyl (C=O) groups excluding carboxylic acids is 2. The minimum absolute atomic E-state index is 0.184. The fourth-order valence-electron chi connectivity index (χ4n) is 2.58. The highest BCUT2D eigenvalue weighted by molar-refractivity contribution is 6.35. The molecule has 2 aromatic rings. The molecule has 4 N–H and O–H groups in total. The highest BCUT2D eigenvalue weighted by atomic mass is 16.6. The number of fused-ring (bicyclic) bond motifs is 1. The topological polar surface area (TPSA) is 103 Å². The molecule has 1 heterocycles. The molecule has 0 saturated carbocycles. The Bertz CT molecular complexity index is 794.